The Morgan fingerprint density at radius 3 is 2.52 bits per heavy atom. The minimum Gasteiger partial charge on any atom is -0.352 e. The molecule has 148 valence electrons. The average molecular weight is 388 g/mol. The van der Waals surface area contributed by atoms with Gasteiger partial charge in [0.15, 0.2) is 0 Å². The van der Waals surface area contributed by atoms with Crippen molar-refractivity contribution in [2.75, 3.05) is 13.1 Å². The van der Waals surface area contributed by atoms with Gasteiger partial charge >= 0.3 is 0 Å². The van der Waals surface area contributed by atoms with Crippen LogP contribution >= 0.6 is 0 Å². The Kier molecular flexibility index (Phi) is 5.70. The first-order valence-corrected chi connectivity index (χ1v) is 9.87. The minimum absolute atomic E-state index is 0.0537. The number of carbonyl (C=O) groups is 2. The molecule has 6 heteroatoms. The molecule has 0 radical (unpaired) electrons. The summed E-state index contributed by atoms with van der Waals surface area (Å²) in [5.41, 5.74) is 3.09. The molecular weight excluding hydrogens is 364 g/mol. The molecule has 29 heavy (non-hydrogen) atoms. The second kappa shape index (κ2) is 8.73. The van der Waals surface area contributed by atoms with Gasteiger partial charge in [-0.2, -0.15) is 5.10 Å². The molecule has 4 rings (SSSR count). The molecule has 1 saturated heterocycles. The van der Waals surface area contributed by atoms with E-state index < -0.39 is 0 Å². The van der Waals surface area contributed by atoms with Crippen molar-refractivity contribution in [1.82, 2.24) is 20.0 Å². The normalized spacial score (nSPS) is 16.2. The van der Waals surface area contributed by atoms with Crippen LogP contribution in [-0.2, 0) is 22.6 Å². The maximum atomic E-state index is 12.5. The van der Waals surface area contributed by atoms with Crippen LogP contribution < -0.4 is 5.32 Å². The molecule has 1 aliphatic heterocycles. The number of carbonyl (C=O) groups excluding carboxylic acids is 2. The van der Waals surface area contributed by atoms with Gasteiger partial charge in [0.25, 0.3) is 0 Å². The van der Waals surface area contributed by atoms with Crippen LogP contribution in [0.15, 0.2) is 73.1 Å². The average Bonchev–Trinajstić information content (AvgIpc) is 3.39. The minimum atomic E-state index is -0.289. The van der Waals surface area contributed by atoms with Crippen LogP contribution in [-0.4, -0.2) is 39.6 Å². The summed E-state index contributed by atoms with van der Waals surface area (Å²) in [6, 6.07) is 19.9. The molecule has 0 bridgehead atoms. The molecule has 0 spiro atoms. The lowest BCUT2D eigenvalue weighted by molar-refractivity contribution is -0.129. The molecule has 1 aromatic heterocycles. The Morgan fingerprint density at radius 2 is 1.76 bits per heavy atom. The predicted molar refractivity (Wildman–Crippen MR) is 110 cm³/mol. The SMILES string of the molecule is O=C(NCc1cnn(-c2ccccc2)c1)C1CC(=O)N(CCc2ccccc2)C1. The molecule has 1 aliphatic rings. The van der Waals surface area contributed by atoms with Crippen LogP contribution in [0.4, 0.5) is 0 Å². The van der Waals surface area contributed by atoms with Crippen molar-refractivity contribution in [3.05, 3.63) is 84.2 Å². The van der Waals surface area contributed by atoms with E-state index in [0.29, 0.717) is 19.6 Å². The second-order valence-electron chi connectivity index (χ2n) is 7.32. The molecular formula is C23H24N4O2. The van der Waals surface area contributed by atoms with Gasteiger partial charge in [-0.1, -0.05) is 48.5 Å². The van der Waals surface area contributed by atoms with Gasteiger partial charge in [0, 0.05) is 37.8 Å². The van der Waals surface area contributed by atoms with Crippen LogP contribution in [0.2, 0.25) is 0 Å². The van der Waals surface area contributed by atoms with Crippen molar-refractivity contribution in [3.63, 3.8) is 0 Å². The Balaban J connectivity index is 1.27. The van der Waals surface area contributed by atoms with E-state index in [0.717, 1.165) is 17.7 Å². The third-order valence-corrected chi connectivity index (χ3v) is 5.22. The van der Waals surface area contributed by atoms with E-state index in [4.69, 9.17) is 0 Å². The van der Waals surface area contributed by atoms with Crippen molar-refractivity contribution >= 4 is 11.8 Å². The number of nitrogens with zero attached hydrogens (tertiary/aromatic N) is 3. The van der Waals surface area contributed by atoms with Crippen molar-refractivity contribution < 1.29 is 9.59 Å². The summed E-state index contributed by atoms with van der Waals surface area (Å²) in [5, 5.41) is 7.29. The van der Waals surface area contributed by atoms with Crippen LogP contribution in [0.1, 0.15) is 17.5 Å². The second-order valence-corrected chi connectivity index (χ2v) is 7.32. The van der Waals surface area contributed by atoms with Gasteiger partial charge in [0.2, 0.25) is 11.8 Å². The summed E-state index contributed by atoms with van der Waals surface area (Å²) in [4.78, 5) is 26.6. The molecule has 0 aliphatic carbocycles. The van der Waals surface area contributed by atoms with Crippen LogP contribution in [0.3, 0.4) is 0 Å². The molecule has 1 atom stereocenters. The summed E-state index contributed by atoms with van der Waals surface area (Å²) in [7, 11) is 0. The lowest BCUT2D eigenvalue weighted by Crippen LogP contribution is -2.33. The van der Waals surface area contributed by atoms with Crippen LogP contribution in [0, 0.1) is 5.92 Å². The van der Waals surface area contributed by atoms with E-state index in [2.05, 4.69) is 22.5 Å². The zero-order valence-electron chi connectivity index (χ0n) is 16.2. The van der Waals surface area contributed by atoms with Crippen molar-refractivity contribution in [2.45, 2.75) is 19.4 Å². The molecule has 2 heterocycles. The molecule has 2 amide bonds. The predicted octanol–water partition coefficient (Wildman–Crippen LogP) is 2.58. The maximum absolute atomic E-state index is 12.5. The largest absolute Gasteiger partial charge is 0.352 e. The van der Waals surface area contributed by atoms with E-state index in [-0.39, 0.29) is 24.2 Å². The number of hydrogen-bond donors (Lipinski definition) is 1. The number of rotatable bonds is 7. The van der Waals surface area contributed by atoms with Gasteiger partial charge in [-0.25, -0.2) is 4.68 Å². The third-order valence-electron chi connectivity index (χ3n) is 5.22. The molecule has 2 aromatic carbocycles. The Labute approximate surface area is 170 Å². The standard InChI is InChI=1S/C23H24N4O2/c28-22-13-20(17-26(22)12-11-18-7-3-1-4-8-18)23(29)24-14-19-15-25-27(16-19)21-9-5-2-6-10-21/h1-10,15-16,20H,11-14,17H2,(H,24,29). The number of nitrogens with one attached hydrogen (secondary N) is 1. The summed E-state index contributed by atoms with van der Waals surface area (Å²) in [6.45, 7) is 1.54. The highest BCUT2D eigenvalue weighted by molar-refractivity contribution is 5.89. The number of benzene rings is 2. The fraction of sp³-hybridized carbons (Fsp3) is 0.261. The fourth-order valence-corrected chi connectivity index (χ4v) is 3.58. The summed E-state index contributed by atoms with van der Waals surface area (Å²) in [5.74, 6) is -0.312. The summed E-state index contributed by atoms with van der Waals surface area (Å²) in [6.07, 6.45) is 4.74. The molecule has 1 unspecified atom stereocenters. The van der Waals surface area contributed by atoms with E-state index in [1.807, 2.05) is 54.7 Å². The zero-order valence-corrected chi connectivity index (χ0v) is 16.2. The highest BCUT2D eigenvalue weighted by atomic mass is 16.2. The Hall–Kier alpha value is -3.41. The number of aromatic nitrogens is 2. The fourth-order valence-electron chi connectivity index (χ4n) is 3.58. The van der Waals surface area contributed by atoms with E-state index in [1.165, 1.54) is 5.56 Å². The van der Waals surface area contributed by atoms with Gasteiger partial charge in [-0.05, 0) is 24.1 Å². The lowest BCUT2D eigenvalue weighted by atomic mass is 10.1. The van der Waals surface area contributed by atoms with Gasteiger partial charge < -0.3 is 10.2 Å². The van der Waals surface area contributed by atoms with Crippen LogP contribution in [0.5, 0.6) is 0 Å². The van der Waals surface area contributed by atoms with Gasteiger partial charge in [0.05, 0.1) is 17.8 Å². The first-order chi connectivity index (χ1) is 14.2. The van der Waals surface area contributed by atoms with Crippen molar-refractivity contribution in [1.29, 1.82) is 0 Å². The van der Waals surface area contributed by atoms with E-state index >= 15 is 0 Å². The smallest absolute Gasteiger partial charge is 0.225 e. The number of amides is 2. The molecule has 1 N–H and O–H groups in total. The first-order valence-electron chi connectivity index (χ1n) is 9.87. The van der Waals surface area contributed by atoms with Crippen LogP contribution in [0.25, 0.3) is 5.69 Å². The number of likely N-dealkylation sites (tertiary alicyclic amines) is 1. The molecule has 6 nitrogen and oxygen atoms in total. The maximum Gasteiger partial charge on any atom is 0.225 e. The summed E-state index contributed by atoms with van der Waals surface area (Å²) < 4.78 is 1.78. The molecule has 3 aromatic rings. The first kappa shape index (κ1) is 18.9. The summed E-state index contributed by atoms with van der Waals surface area (Å²) >= 11 is 0. The monoisotopic (exact) mass is 388 g/mol. The van der Waals surface area contributed by atoms with Crippen molar-refractivity contribution in [3.8, 4) is 5.69 Å². The zero-order chi connectivity index (χ0) is 20.1. The highest BCUT2D eigenvalue weighted by Crippen LogP contribution is 2.19. The van der Waals surface area contributed by atoms with E-state index in [9.17, 15) is 9.59 Å². The Bertz CT molecular complexity index is 969. The Morgan fingerprint density at radius 1 is 1.03 bits per heavy atom. The lowest BCUT2D eigenvalue weighted by Gasteiger charge is -2.16. The number of hydrogen-bond acceptors (Lipinski definition) is 3. The highest BCUT2D eigenvalue weighted by Gasteiger charge is 2.33. The van der Waals surface area contributed by atoms with E-state index in [1.54, 1.807) is 15.8 Å². The molecule has 0 saturated carbocycles. The van der Waals surface area contributed by atoms with Gasteiger partial charge in [0.1, 0.15) is 0 Å². The quantitative estimate of drug-likeness (QED) is 0.677. The number of para-hydroxylation sites is 1. The van der Waals surface area contributed by atoms with Gasteiger partial charge in [-0.3, -0.25) is 9.59 Å². The molecule has 1 fully saturated rings. The topological polar surface area (TPSA) is 67.2 Å². The van der Waals surface area contributed by atoms with Gasteiger partial charge in [-0.15, -0.1) is 0 Å². The third kappa shape index (κ3) is 4.71. The van der Waals surface area contributed by atoms with Crippen molar-refractivity contribution in [2.24, 2.45) is 5.92 Å².